The van der Waals surface area contributed by atoms with Crippen molar-refractivity contribution in [2.24, 2.45) is 0 Å². The number of alkyl halides is 1. The van der Waals surface area contributed by atoms with Crippen LogP contribution in [0.2, 0.25) is 0 Å². The third-order valence-electron chi connectivity index (χ3n) is 1.79. The van der Waals surface area contributed by atoms with Gasteiger partial charge in [-0.2, -0.15) is 0 Å². The van der Waals surface area contributed by atoms with Gasteiger partial charge in [0.15, 0.2) is 0 Å². The van der Waals surface area contributed by atoms with E-state index in [0.29, 0.717) is 19.5 Å². The Kier molecular flexibility index (Phi) is 4.26. The van der Waals surface area contributed by atoms with Crippen LogP contribution in [0.4, 0.5) is 4.39 Å². The lowest BCUT2D eigenvalue weighted by Crippen LogP contribution is -2.15. The average molecular weight is 183 g/mol. The Morgan fingerprint density at radius 2 is 2.08 bits per heavy atom. The molecule has 2 N–H and O–H groups in total. The number of halogens is 1. The average Bonchev–Trinajstić information content (AvgIpc) is 2.15. The number of nitrogens with one attached hydrogen (secondary N) is 1. The van der Waals surface area contributed by atoms with Crippen molar-refractivity contribution < 1.29 is 9.50 Å². The zero-order valence-corrected chi connectivity index (χ0v) is 7.46. The molecule has 0 radical (unpaired) electrons. The van der Waals surface area contributed by atoms with E-state index < -0.39 is 0 Å². The minimum Gasteiger partial charge on any atom is -0.508 e. The molecule has 0 unspecified atom stereocenters. The van der Waals surface area contributed by atoms with E-state index in [1.54, 1.807) is 12.1 Å². The van der Waals surface area contributed by atoms with Gasteiger partial charge in [0.2, 0.25) is 0 Å². The number of aromatic hydroxyl groups is 1. The molecule has 1 aromatic carbocycles. The first kappa shape index (κ1) is 9.99. The number of benzene rings is 1. The summed E-state index contributed by atoms with van der Waals surface area (Å²) in [6.45, 7) is 0.936. The Labute approximate surface area is 77.4 Å². The van der Waals surface area contributed by atoms with E-state index in [1.807, 2.05) is 12.1 Å². The fourth-order valence-corrected chi connectivity index (χ4v) is 1.08. The smallest absolute Gasteiger partial charge is 0.120 e. The molecule has 0 saturated heterocycles. The van der Waals surface area contributed by atoms with Crippen molar-refractivity contribution in [1.29, 1.82) is 0 Å². The zero-order chi connectivity index (χ0) is 9.52. The van der Waals surface area contributed by atoms with E-state index in [4.69, 9.17) is 0 Å². The van der Waals surface area contributed by atoms with Gasteiger partial charge in [0.05, 0.1) is 6.67 Å². The fraction of sp³-hybridized carbons (Fsp3) is 0.400. The van der Waals surface area contributed by atoms with Crippen LogP contribution in [0.5, 0.6) is 5.75 Å². The molecular formula is C10H14FNO. The van der Waals surface area contributed by atoms with Crippen LogP contribution in [0.1, 0.15) is 12.0 Å². The number of rotatable bonds is 5. The Hall–Kier alpha value is -1.09. The maximum Gasteiger partial charge on any atom is 0.120 e. The molecule has 0 fully saturated rings. The third kappa shape index (κ3) is 3.42. The number of phenolic OH excluding ortho intramolecular Hbond substituents is 1. The highest BCUT2D eigenvalue weighted by molar-refractivity contribution is 5.31. The summed E-state index contributed by atoms with van der Waals surface area (Å²) in [5.74, 6) is 0.287. The van der Waals surface area contributed by atoms with Gasteiger partial charge >= 0.3 is 0 Å². The van der Waals surface area contributed by atoms with E-state index in [-0.39, 0.29) is 12.4 Å². The van der Waals surface area contributed by atoms with Crippen LogP contribution in [0, 0.1) is 0 Å². The van der Waals surface area contributed by atoms with Crippen LogP contribution in [0.25, 0.3) is 0 Å². The number of hydrogen-bond acceptors (Lipinski definition) is 2. The lowest BCUT2D eigenvalue weighted by Gasteiger charge is -2.04. The Morgan fingerprint density at radius 1 is 1.31 bits per heavy atom. The maximum absolute atomic E-state index is 11.7. The van der Waals surface area contributed by atoms with Gasteiger partial charge in [0.25, 0.3) is 0 Å². The molecule has 13 heavy (non-hydrogen) atoms. The van der Waals surface area contributed by atoms with Crippen LogP contribution in [0.3, 0.4) is 0 Å². The molecule has 72 valence electrons. The van der Waals surface area contributed by atoms with Crippen molar-refractivity contribution >= 4 is 0 Å². The van der Waals surface area contributed by atoms with Gasteiger partial charge in [-0.3, -0.25) is 4.39 Å². The molecule has 0 heterocycles. The van der Waals surface area contributed by atoms with Crippen molar-refractivity contribution in [3.05, 3.63) is 29.8 Å². The molecule has 1 aromatic rings. The topological polar surface area (TPSA) is 32.3 Å². The summed E-state index contributed by atoms with van der Waals surface area (Å²) in [4.78, 5) is 0. The van der Waals surface area contributed by atoms with Crippen molar-refractivity contribution in [2.75, 3.05) is 13.2 Å². The predicted molar refractivity (Wildman–Crippen MR) is 50.4 cm³/mol. The Morgan fingerprint density at radius 3 is 2.77 bits per heavy atom. The van der Waals surface area contributed by atoms with Crippen molar-refractivity contribution in [3.63, 3.8) is 0 Å². The van der Waals surface area contributed by atoms with E-state index in [0.717, 1.165) is 5.56 Å². The van der Waals surface area contributed by atoms with Crippen molar-refractivity contribution in [2.45, 2.75) is 13.0 Å². The van der Waals surface area contributed by atoms with E-state index in [2.05, 4.69) is 5.32 Å². The maximum atomic E-state index is 11.7. The van der Waals surface area contributed by atoms with Crippen molar-refractivity contribution in [3.8, 4) is 5.75 Å². The Bertz CT molecular complexity index is 252. The first-order chi connectivity index (χ1) is 6.34. The molecule has 0 aromatic heterocycles. The predicted octanol–water partition coefficient (Wildman–Crippen LogP) is 1.84. The second-order valence-electron chi connectivity index (χ2n) is 2.85. The summed E-state index contributed by atoms with van der Waals surface area (Å²) in [6, 6.07) is 7.14. The minimum absolute atomic E-state index is 0.287. The second-order valence-corrected chi connectivity index (χ2v) is 2.85. The first-order valence-corrected chi connectivity index (χ1v) is 4.38. The molecule has 0 aliphatic rings. The lowest BCUT2D eigenvalue weighted by atomic mass is 10.2. The summed E-state index contributed by atoms with van der Waals surface area (Å²) in [5, 5.41) is 12.4. The monoisotopic (exact) mass is 183 g/mol. The van der Waals surface area contributed by atoms with Gasteiger partial charge in [-0.15, -0.1) is 0 Å². The van der Waals surface area contributed by atoms with Crippen LogP contribution in [0.15, 0.2) is 24.3 Å². The summed E-state index contributed by atoms with van der Waals surface area (Å²) in [5.41, 5.74) is 0.848. The highest BCUT2D eigenvalue weighted by Gasteiger charge is 1.97. The molecule has 0 aliphatic heterocycles. The summed E-state index contributed by atoms with van der Waals surface area (Å²) in [7, 11) is 0. The minimum atomic E-state index is -0.298. The number of para-hydroxylation sites is 1. The van der Waals surface area contributed by atoms with E-state index in [9.17, 15) is 9.50 Å². The molecule has 2 nitrogen and oxygen atoms in total. The number of hydrogen-bond donors (Lipinski definition) is 2. The van der Waals surface area contributed by atoms with Crippen LogP contribution < -0.4 is 5.32 Å². The van der Waals surface area contributed by atoms with Gasteiger partial charge in [-0.05, 0) is 19.0 Å². The molecule has 0 amide bonds. The van der Waals surface area contributed by atoms with Gasteiger partial charge in [0.1, 0.15) is 5.75 Å². The molecular weight excluding hydrogens is 169 g/mol. The SMILES string of the molecule is Oc1ccccc1CNCCCF. The van der Waals surface area contributed by atoms with Crippen LogP contribution in [-0.4, -0.2) is 18.3 Å². The van der Waals surface area contributed by atoms with Crippen molar-refractivity contribution in [1.82, 2.24) is 5.32 Å². The zero-order valence-electron chi connectivity index (χ0n) is 7.46. The highest BCUT2D eigenvalue weighted by Crippen LogP contribution is 2.14. The van der Waals surface area contributed by atoms with Gasteiger partial charge < -0.3 is 10.4 Å². The summed E-state index contributed by atoms with van der Waals surface area (Å²) < 4.78 is 11.7. The summed E-state index contributed by atoms with van der Waals surface area (Å²) >= 11 is 0. The Balaban J connectivity index is 2.32. The quantitative estimate of drug-likeness (QED) is 0.683. The van der Waals surface area contributed by atoms with Crippen LogP contribution >= 0.6 is 0 Å². The lowest BCUT2D eigenvalue weighted by molar-refractivity contribution is 0.450. The van der Waals surface area contributed by atoms with Gasteiger partial charge in [-0.25, -0.2) is 0 Å². The third-order valence-corrected chi connectivity index (χ3v) is 1.79. The molecule has 0 bridgehead atoms. The first-order valence-electron chi connectivity index (χ1n) is 4.38. The fourth-order valence-electron chi connectivity index (χ4n) is 1.08. The molecule has 0 aliphatic carbocycles. The largest absolute Gasteiger partial charge is 0.508 e. The van der Waals surface area contributed by atoms with Gasteiger partial charge in [0, 0.05) is 12.1 Å². The molecule has 3 heteroatoms. The molecule has 1 rings (SSSR count). The molecule has 0 atom stereocenters. The highest BCUT2D eigenvalue weighted by atomic mass is 19.1. The molecule has 0 saturated carbocycles. The van der Waals surface area contributed by atoms with Gasteiger partial charge in [-0.1, -0.05) is 18.2 Å². The van der Waals surface area contributed by atoms with E-state index in [1.165, 1.54) is 0 Å². The second kappa shape index (κ2) is 5.54. The molecule has 0 spiro atoms. The summed E-state index contributed by atoms with van der Waals surface area (Å²) in [6.07, 6.45) is 0.521. The number of phenols is 1. The standard InChI is InChI=1S/C10H14FNO/c11-6-3-7-12-8-9-4-1-2-5-10(9)13/h1-2,4-5,12-13H,3,6-8H2. The van der Waals surface area contributed by atoms with E-state index >= 15 is 0 Å². The normalized spacial score (nSPS) is 10.2. The van der Waals surface area contributed by atoms with Crippen LogP contribution in [-0.2, 0) is 6.54 Å².